The van der Waals surface area contributed by atoms with Crippen LogP contribution in [0.2, 0.25) is 0 Å². The molecule has 2 aromatic heterocycles. The van der Waals surface area contributed by atoms with Gasteiger partial charge in [0.05, 0.1) is 29.5 Å². The van der Waals surface area contributed by atoms with Crippen molar-refractivity contribution < 1.29 is 4.79 Å². The van der Waals surface area contributed by atoms with Gasteiger partial charge in [0.15, 0.2) is 0 Å². The van der Waals surface area contributed by atoms with Gasteiger partial charge >= 0.3 is 0 Å². The summed E-state index contributed by atoms with van der Waals surface area (Å²) in [4.78, 5) is 22.9. The molecule has 0 N–H and O–H groups in total. The number of hydrogen-bond donors (Lipinski definition) is 0. The molecule has 0 saturated carbocycles. The first-order valence-electron chi connectivity index (χ1n) is 6.72. The summed E-state index contributed by atoms with van der Waals surface area (Å²) in [6.45, 7) is 0.432. The molecule has 0 aliphatic heterocycles. The number of aryl methyl sites for hydroxylation is 1. The standard InChI is InChI=1S/C16H16N4O/c1-19-9-5-8-15(19)16(21)20(2)11-12-10-17-13-6-3-4-7-14(13)18-12/h3-10H,11H2,1-2H3. The van der Waals surface area contributed by atoms with Crippen LogP contribution in [0.4, 0.5) is 0 Å². The third-order valence-electron chi connectivity index (χ3n) is 3.41. The van der Waals surface area contributed by atoms with Crippen LogP contribution in [0.15, 0.2) is 48.8 Å². The second-order valence-corrected chi connectivity index (χ2v) is 5.02. The third-order valence-corrected chi connectivity index (χ3v) is 3.41. The first-order valence-corrected chi connectivity index (χ1v) is 6.72. The molecule has 0 spiro atoms. The van der Waals surface area contributed by atoms with Gasteiger partial charge in [-0.15, -0.1) is 0 Å². The first kappa shape index (κ1) is 13.3. The lowest BCUT2D eigenvalue weighted by molar-refractivity contribution is 0.0774. The Hall–Kier alpha value is -2.69. The van der Waals surface area contributed by atoms with Gasteiger partial charge < -0.3 is 9.47 Å². The van der Waals surface area contributed by atoms with Gasteiger partial charge in [0.25, 0.3) is 5.91 Å². The van der Waals surface area contributed by atoms with Crippen molar-refractivity contribution >= 4 is 16.9 Å². The highest BCUT2D eigenvalue weighted by molar-refractivity contribution is 5.92. The smallest absolute Gasteiger partial charge is 0.270 e. The number of carbonyl (C=O) groups excluding carboxylic acids is 1. The van der Waals surface area contributed by atoms with Crippen LogP contribution in [0.5, 0.6) is 0 Å². The lowest BCUT2D eigenvalue weighted by atomic mass is 10.3. The molecular weight excluding hydrogens is 264 g/mol. The summed E-state index contributed by atoms with van der Waals surface area (Å²) in [5.74, 6) is -0.0301. The van der Waals surface area contributed by atoms with Crippen LogP contribution in [0.1, 0.15) is 16.2 Å². The minimum absolute atomic E-state index is 0.0301. The first-order chi connectivity index (χ1) is 10.1. The van der Waals surface area contributed by atoms with E-state index >= 15 is 0 Å². The second-order valence-electron chi connectivity index (χ2n) is 5.02. The average molecular weight is 280 g/mol. The number of fused-ring (bicyclic) bond motifs is 1. The minimum atomic E-state index is -0.0301. The number of carbonyl (C=O) groups is 1. The molecule has 0 atom stereocenters. The number of benzene rings is 1. The molecule has 1 aromatic carbocycles. The van der Waals surface area contributed by atoms with Crippen LogP contribution in [0, 0.1) is 0 Å². The Bertz CT molecular complexity index is 794. The normalized spacial score (nSPS) is 10.8. The molecule has 0 aliphatic rings. The van der Waals surface area contributed by atoms with Gasteiger partial charge in [-0.05, 0) is 24.3 Å². The highest BCUT2D eigenvalue weighted by Crippen LogP contribution is 2.11. The molecule has 0 fully saturated rings. The fraction of sp³-hybridized carbons (Fsp3) is 0.188. The Balaban J connectivity index is 1.81. The van der Waals surface area contributed by atoms with Crippen LogP contribution >= 0.6 is 0 Å². The number of para-hydroxylation sites is 2. The van der Waals surface area contributed by atoms with E-state index in [-0.39, 0.29) is 5.91 Å². The largest absolute Gasteiger partial charge is 0.347 e. The van der Waals surface area contributed by atoms with Crippen molar-refractivity contribution in [1.29, 1.82) is 0 Å². The zero-order valence-corrected chi connectivity index (χ0v) is 12.0. The quantitative estimate of drug-likeness (QED) is 0.739. The lowest BCUT2D eigenvalue weighted by Gasteiger charge is -2.17. The molecule has 3 rings (SSSR count). The molecule has 0 unspecified atom stereocenters. The molecule has 106 valence electrons. The van der Waals surface area contributed by atoms with Crippen molar-refractivity contribution in [3.05, 3.63) is 60.2 Å². The minimum Gasteiger partial charge on any atom is -0.347 e. The molecule has 0 aliphatic carbocycles. The zero-order valence-electron chi connectivity index (χ0n) is 12.0. The third kappa shape index (κ3) is 2.63. The van der Waals surface area contributed by atoms with Crippen molar-refractivity contribution in [1.82, 2.24) is 19.4 Å². The van der Waals surface area contributed by atoms with Crippen molar-refractivity contribution in [2.45, 2.75) is 6.54 Å². The zero-order chi connectivity index (χ0) is 14.8. The van der Waals surface area contributed by atoms with Gasteiger partial charge in [0, 0.05) is 20.3 Å². The summed E-state index contributed by atoms with van der Waals surface area (Å²) in [5, 5.41) is 0. The van der Waals surface area contributed by atoms with Crippen LogP contribution in [0.3, 0.4) is 0 Å². The van der Waals surface area contributed by atoms with Gasteiger partial charge in [-0.3, -0.25) is 9.78 Å². The highest BCUT2D eigenvalue weighted by Gasteiger charge is 2.15. The number of rotatable bonds is 3. The van der Waals surface area contributed by atoms with Crippen molar-refractivity contribution in [2.75, 3.05) is 7.05 Å². The van der Waals surface area contributed by atoms with E-state index in [1.807, 2.05) is 54.2 Å². The maximum atomic E-state index is 12.4. The van der Waals surface area contributed by atoms with Crippen molar-refractivity contribution in [3.63, 3.8) is 0 Å². The predicted octanol–water partition coefficient (Wildman–Crippen LogP) is 2.24. The van der Waals surface area contributed by atoms with E-state index in [2.05, 4.69) is 9.97 Å². The van der Waals surface area contributed by atoms with E-state index in [4.69, 9.17) is 0 Å². The van der Waals surface area contributed by atoms with Crippen molar-refractivity contribution in [3.8, 4) is 0 Å². The predicted molar refractivity (Wildman–Crippen MR) is 80.7 cm³/mol. The summed E-state index contributed by atoms with van der Waals surface area (Å²) in [6.07, 6.45) is 3.58. The monoisotopic (exact) mass is 280 g/mol. The maximum Gasteiger partial charge on any atom is 0.270 e. The molecule has 2 heterocycles. The fourth-order valence-electron chi connectivity index (χ4n) is 2.27. The highest BCUT2D eigenvalue weighted by atomic mass is 16.2. The Morgan fingerprint density at radius 2 is 1.95 bits per heavy atom. The van der Waals surface area contributed by atoms with Crippen LogP contribution in [-0.2, 0) is 13.6 Å². The van der Waals surface area contributed by atoms with Gasteiger partial charge in [0.1, 0.15) is 5.69 Å². The fourth-order valence-corrected chi connectivity index (χ4v) is 2.27. The van der Waals surface area contributed by atoms with Gasteiger partial charge in [-0.1, -0.05) is 12.1 Å². The molecule has 3 aromatic rings. The molecule has 0 radical (unpaired) electrons. The summed E-state index contributed by atoms with van der Waals surface area (Å²) < 4.78 is 1.81. The Kier molecular flexibility index (Phi) is 3.39. The summed E-state index contributed by atoms with van der Waals surface area (Å²) in [5.41, 5.74) is 3.14. The van der Waals surface area contributed by atoms with Crippen LogP contribution < -0.4 is 0 Å². The Labute approximate surface area is 122 Å². The second kappa shape index (κ2) is 5.36. The Morgan fingerprint density at radius 3 is 2.67 bits per heavy atom. The number of aromatic nitrogens is 3. The molecule has 0 saturated heterocycles. The van der Waals surface area contributed by atoms with E-state index < -0.39 is 0 Å². The molecular formula is C16H16N4O. The molecule has 1 amide bonds. The Morgan fingerprint density at radius 1 is 1.19 bits per heavy atom. The molecule has 5 nitrogen and oxygen atoms in total. The van der Waals surface area contributed by atoms with Crippen molar-refractivity contribution in [2.24, 2.45) is 7.05 Å². The summed E-state index contributed by atoms with van der Waals surface area (Å²) in [7, 11) is 3.63. The lowest BCUT2D eigenvalue weighted by Crippen LogP contribution is -2.28. The van der Waals surface area contributed by atoms with Gasteiger partial charge in [-0.25, -0.2) is 4.98 Å². The maximum absolute atomic E-state index is 12.4. The number of amides is 1. The van der Waals surface area contributed by atoms with Crippen LogP contribution in [0.25, 0.3) is 11.0 Å². The SMILES string of the molecule is CN(Cc1cnc2ccccc2n1)C(=O)c1cccn1C. The van der Waals surface area contributed by atoms with E-state index in [1.165, 1.54) is 0 Å². The topological polar surface area (TPSA) is 51.0 Å². The average Bonchev–Trinajstić information content (AvgIpc) is 2.92. The number of hydrogen-bond acceptors (Lipinski definition) is 3. The molecule has 5 heteroatoms. The molecule has 21 heavy (non-hydrogen) atoms. The number of nitrogens with zero attached hydrogens (tertiary/aromatic N) is 4. The summed E-state index contributed by atoms with van der Waals surface area (Å²) >= 11 is 0. The van der Waals surface area contributed by atoms with E-state index in [0.717, 1.165) is 16.7 Å². The molecule has 0 bridgehead atoms. The van der Waals surface area contributed by atoms with E-state index in [9.17, 15) is 4.79 Å². The van der Waals surface area contributed by atoms with E-state index in [0.29, 0.717) is 12.2 Å². The van der Waals surface area contributed by atoms with Crippen LogP contribution in [-0.4, -0.2) is 32.4 Å². The summed E-state index contributed by atoms with van der Waals surface area (Å²) in [6, 6.07) is 11.4. The van der Waals surface area contributed by atoms with Gasteiger partial charge in [0.2, 0.25) is 0 Å². The van der Waals surface area contributed by atoms with Gasteiger partial charge in [-0.2, -0.15) is 0 Å². The van der Waals surface area contributed by atoms with E-state index in [1.54, 1.807) is 18.1 Å².